The van der Waals surface area contributed by atoms with Crippen LogP contribution in [0.3, 0.4) is 0 Å². The summed E-state index contributed by atoms with van der Waals surface area (Å²) in [6.07, 6.45) is 0. The number of hydrogen-bond acceptors (Lipinski definition) is 6. The summed E-state index contributed by atoms with van der Waals surface area (Å²) < 4.78 is 46.5. The van der Waals surface area contributed by atoms with E-state index in [1.165, 1.54) is 0 Å². The van der Waals surface area contributed by atoms with E-state index in [-0.39, 0.29) is 23.0 Å². The molecule has 0 bridgehead atoms. The highest BCUT2D eigenvalue weighted by molar-refractivity contribution is 7.92. The van der Waals surface area contributed by atoms with Gasteiger partial charge in [0.2, 0.25) is 0 Å². The van der Waals surface area contributed by atoms with Gasteiger partial charge in [0.15, 0.2) is 19.7 Å². The van der Waals surface area contributed by atoms with Crippen molar-refractivity contribution in [1.82, 2.24) is 10.6 Å². The van der Waals surface area contributed by atoms with Gasteiger partial charge >= 0.3 is 12.1 Å². The van der Waals surface area contributed by atoms with Gasteiger partial charge in [-0.25, -0.2) is 26.4 Å². The lowest BCUT2D eigenvalue weighted by molar-refractivity contribution is 0.248. The Balaban J connectivity index is 1.29. The van der Waals surface area contributed by atoms with Crippen molar-refractivity contribution in [3.63, 3.8) is 0 Å². The quantitative estimate of drug-likeness (QED) is 0.402. The van der Waals surface area contributed by atoms with Crippen LogP contribution in [-0.2, 0) is 19.7 Å². The van der Waals surface area contributed by atoms with Gasteiger partial charge in [0.25, 0.3) is 0 Å². The topological polar surface area (TPSA) is 151 Å². The number of urea groups is 2. The molecule has 2 fully saturated rings. The normalized spacial score (nSPS) is 26.2. The number of halogens is 2. The zero-order chi connectivity index (χ0) is 26.1. The number of anilines is 2. The van der Waals surface area contributed by atoms with Gasteiger partial charge in [-0.1, -0.05) is 24.3 Å². The first kappa shape index (κ1) is 26.5. The number of nitrogens with one attached hydrogen (secondary N) is 4. The second kappa shape index (κ2) is 10.4. The second-order valence-electron chi connectivity index (χ2n) is 8.75. The first-order valence-corrected chi connectivity index (χ1v) is 15.5. The average molecular weight is 575 g/mol. The molecule has 36 heavy (non-hydrogen) atoms. The first-order valence-electron chi connectivity index (χ1n) is 10.9. The lowest BCUT2D eigenvalue weighted by Crippen LogP contribution is -2.42. The van der Waals surface area contributed by atoms with Gasteiger partial charge in [-0.2, -0.15) is 0 Å². The molecule has 0 spiro atoms. The minimum Gasteiger partial charge on any atom is -0.333 e. The van der Waals surface area contributed by atoms with Crippen molar-refractivity contribution in [2.45, 2.75) is 22.8 Å². The van der Waals surface area contributed by atoms with Crippen molar-refractivity contribution in [3.05, 3.63) is 48.5 Å². The van der Waals surface area contributed by atoms with E-state index < -0.39 is 54.6 Å². The fourth-order valence-corrected chi connectivity index (χ4v) is 9.14. The van der Waals surface area contributed by atoms with Gasteiger partial charge in [0.1, 0.15) is 0 Å². The largest absolute Gasteiger partial charge is 0.333 e. The molecule has 2 aromatic carbocycles. The number of carbonyl (C=O) groups excluding carboxylic acids is 2. The lowest BCUT2D eigenvalue weighted by Gasteiger charge is -2.15. The molecular weight excluding hydrogens is 551 g/mol. The maximum Gasteiger partial charge on any atom is 0.319 e. The lowest BCUT2D eigenvalue weighted by atomic mass is 10.1. The summed E-state index contributed by atoms with van der Waals surface area (Å²) in [6, 6.07) is 11.7. The van der Waals surface area contributed by atoms with Crippen LogP contribution in [0.25, 0.3) is 11.1 Å². The minimum absolute atomic E-state index is 0.161. The van der Waals surface area contributed by atoms with Crippen molar-refractivity contribution in [2.24, 2.45) is 0 Å². The highest BCUT2D eigenvalue weighted by Gasteiger charge is 2.38. The van der Waals surface area contributed by atoms with Crippen LogP contribution in [-0.4, -0.2) is 74.7 Å². The molecule has 4 N–H and O–H groups in total. The monoisotopic (exact) mass is 574 g/mol. The summed E-state index contributed by atoms with van der Waals surface area (Å²) in [5.74, 6) is -0.691. The molecule has 0 radical (unpaired) electrons. The zero-order valence-corrected chi connectivity index (χ0v) is 21.9. The summed E-state index contributed by atoms with van der Waals surface area (Å²) in [5, 5.41) is 9.17. The molecule has 4 rings (SSSR count). The molecule has 2 saturated heterocycles. The van der Waals surface area contributed by atoms with Gasteiger partial charge in [-0.3, -0.25) is 0 Å². The number of hydrogen-bond donors (Lipinski definition) is 4. The average Bonchev–Trinajstić information content (AvgIpc) is 3.19. The number of benzene rings is 2. The third-order valence-corrected chi connectivity index (χ3v) is 10.6. The van der Waals surface area contributed by atoms with E-state index in [2.05, 4.69) is 21.3 Å². The first-order chi connectivity index (χ1) is 16.9. The number of sulfone groups is 2. The van der Waals surface area contributed by atoms with Crippen LogP contribution in [0.2, 0.25) is 0 Å². The molecule has 0 aromatic heterocycles. The third kappa shape index (κ3) is 6.81. The standard InChI is InChI=1S/C22H24Cl2N4O6S2/c23-17-9-35(31,32)11-19(17)27-21(29)25-15-5-1-13(2-6-15)14-3-7-16(8-4-14)26-22(30)28-20-12-36(33,34)10-18(20)24/h1-8,17-20H,9-12H2,(H2,25,27,29)(H2,26,28,30)/t17-,18-,19+,20+/m0/s1. The van der Waals surface area contributed by atoms with Crippen LogP contribution < -0.4 is 21.3 Å². The zero-order valence-electron chi connectivity index (χ0n) is 18.8. The van der Waals surface area contributed by atoms with Gasteiger partial charge in [0, 0.05) is 11.4 Å². The molecule has 4 atom stereocenters. The summed E-state index contributed by atoms with van der Waals surface area (Å²) in [4.78, 5) is 24.4. The molecule has 0 aliphatic carbocycles. The number of rotatable bonds is 5. The second-order valence-corrected chi connectivity index (χ2v) is 14.2. The predicted octanol–water partition coefficient (Wildman–Crippen LogP) is 2.41. The van der Waals surface area contributed by atoms with Crippen LogP contribution in [0.15, 0.2) is 48.5 Å². The summed E-state index contributed by atoms with van der Waals surface area (Å²) >= 11 is 12.0. The van der Waals surface area contributed by atoms with Crippen LogP contribution >= 0.6 is 23.2 Å². The Morgan fingerprint density at radius 2 is 0.944 bits per heavy atom. The Hall–Kier alpha value is -2.54. The molecular formula is C22H24Cl2N4O6S2. The van der Waals surface area contributed by atoms with Crippen molar-refractivity contribution in [1.29, 1.82) is 0 Å². The van der Waals surface area contributed by atoms with Crippen molar-refractivity contribution in [3.8, 4) is 11.1 Å². The highest BCUT2D eigenvalue weighted by atomic mass is 35.5. The van der Waals surface area contributed by atoms with Crippen molar-refractivity contribution < 1.29 is 26.4 Å². The number of carbonyl (C=O) groups is 2. The van der Waals surface area contributed by atoms with Gasteiger partial charge in [-0.05, 0) is 35.4 Å². The Labute approximate surface area is 219 Å². The van der Waals surface area contributed by atoms with E-state index >= 15 is 0 Å². The molecule has 4 amide bonds. The van der Waals surface area contributed by atoms with Gasteiger partial charge in [-0.15, -0.1) is 23.2 Å². The Morgan fingerprint density at radius 1 is 0.611 bits per heavy atom. The van der Waals surface area contributed by atoms with E-state index in [1.54, 1.807) is 48.5 Å². The molecule has 2 aromatic rings. The molecule has 14 heteroatoms. The predicted molar refractivity (Wildman–Crippen MR) is 140 cm³/mol. The molecule has 2 heterocycles. The maximum absolute atomic E-state index is 12.2. The fraction of sp³-hybridized carbons (Fsp3) is 0.364. The van der Waals surface area contributed by atoms with Gasteiger partial charge in [0.05, 0.1) is 45.8 Å². The molecule has 194 valence electrons. The van der Waals surface area contributed by atoms with Crippen molar-refractivity contribution >= 4 is 66.3 Å². The summed E-state index contributed by atoms with van der Waals surface area (Å²) in [6.45, 7) is 0. The van der Waals surface area contributed by atoms with Gasteiger partial charge < -0.3 is 21.3 Å². The van der Waals surface area contributed by atoms with E-state index in [9.17, 15) is 26.4 Å². The smallest absolute Gasteiger partial charge is 0.319 e. The van der Waals surface area contributed by atoms with E-state index in [0.29, 0.717) is 11.4 Å². The molecule has 0 unspecified atom stereocenters. The molecule has 2 aliphatic rings. The summed E-state index contributed by atoms with van der Waals surface area (Å²) in [5.41, 5.74) is 2.76. The van der Waals surface area contributed by atoms with Crippen LogP contribution in [0.4, 0.5) is 21.0 Å². The Morgan fingerprint density at radius 3 is 1.22 bits per heavy atom. The van der Waals surface area contributed by atoms with Crippen LogP contribution in [0.1, 0.15) is 0 Å². The van der Waals surface area contributed by atoms with Crippen LogP contribution in [0, 0.1) is 0 Å². The third-order valence-electron chi connectivity index (χ3n) is 5.82. The van der Waals surface area contributed by atoms with E-state index in [0.717, 1.165) is 11.1 Å². The van der Waals surface area contributed by atoms with Crippen LogP contribution in [0.5, 0.6) is 0 Å². The number of alkyl halides is 2. The Kier molecular flexibility index (Phi) is 7.69. The highest BCUT2D eigenvalue weighted by Crippen LogP contribution is 2.24. The van der Waals surface area contributed by atoms with E-state index in [4.69, 9.17) is 23.2 Å². The Bertz CT molecular complexity index is 1250. The SMILES string of the molecule is O=C(Nc1ccc(-c2ccc(NC(=O)N[C@@H]3CS(=O)(=O)C[C@@H]3Cl)cc2)cc1)N[C@@H]1CS(=O)(=O)C[C@@H]1Cl. The van der Waals surface area contributed by atoms with E-state index in [1.807, 2.05) is 0 Å². The fourth-order valence-electron chi connectivity index (χ4n) is 4.04. The maximum atomic E-state index is 12.2. The number of amides is 4. The molecule has 10 nitrogen and oxygen atoms in total. The summed E-state index contributed by atoms with van der Waals surface area (Å²) in [7, 11) is -6.50. The molecule has 2 aliphatic heterocycles. The molecule has 0 saturated carbocycles. The minimum atomic E-state index is -3.25. The van der Waals surface area contributed by atoms with Crippen molar-refractivity contribution in [2.75, 3.05) is 33.6 Å².